The molecule has 0 aliphatic rings. The smallest absolute Gasteiger partial charge is 0.327 e. The second-order valence-electron chi connectivity index (χ2n) is 6.92. The van der Waals surface area contributed by atoms with E-state index in [4.69, 9.17) is 5.41 Å². The van der Waals surface area contributed by atoms with Gasteiger partial charge in [-0.2, -0.15) is 0 Å². The molecule has 0 bridgehead atoms. The van der Waals surface area contributed by atoms with E-state index in [1.54, 1.807) is 30.3 Å². The molecule has 1 amide bonds. The summed E-state index contributed by atoms with van der Waals surface area (Å²) in [4.78, 5) is 12.5. The van der Waals surface area contributed by atoms with Crippen LogP contribution in [0.15, 0.2) is 60.8 Å². The second kappa shape index (κ2) is 8.17. The van der Waals surface area contributed by atoms with Gasteiger partial charge in [-0.15, -0.1) is 0 Å². The Morgan fingerprint density at radius 1 is 0.964 bits per heavy atom. The Morgan fingerprint density at radius 3 is 2.04 bits per heavy atom. The van der Waals surface area contributed by atoms with Gasteiger partial charge in [0, 0.05) is 18.3 Å². The molecule has 0 aliphatic heterocycles. The topological polar surface area (TPSA) is 57.9 Å². The van der Waals surface area contributed by atoms with Crippen molar-refractivity contribution in [3.63, 3.8) is 0 Å². The van der Waals surface area contributed by atoms with Crippen molar-refractivity contribution in [1.82, 2.24) is 9.88 Å². The number of hydrogen-bond donors (Lipinski definition) is 2. The predicted octanol–water partition coefficient (Wildman–Crippen LogP) is 4.79. The number of amides is 1. The van der Waals surface area contributed by atoms with Gasteiger partial charge < -0.3 is 5.32 Å². The normalized spacial score (nSPS) is 10.9. The van der Waals surface area contributed by atoms with E-state index in [-0.39, 0.29) is 17.2 Å². The first kappa shape index (κ1) is 19.5. The maximum atomic E-state index is 13.4. The van der Waals surface area contributed by atoms with Gasteiger partial charge >= 0.3 is 6.03 Å². The lowest BCUT2D eigenvalue weighted by Crippen LogP contribution is -2.38. The molecular weight excluding hydrogens is 360 g/mol. The van der Waals surface area contributed by atoms with E-state index in [2.05, 4.69) is 5.32 Å². The van der Waals surface area contributed by atoms with E-state index in [9.17, 15) is 13.6 Å². The van der Waals surface area contributed by atoms with Gasteiger partial charge in [-0.25, -0.2) is 13.6 Å². The number of aromatic nitrogens is 1. The number of nitrogens with zero attached hydrogens (tertiary/aromatic N) is 1. The molecule has 0 aliphatic carbocycles. The molecule has 0 saturated carbocycles. The molecule has 28 heavy (non-hydrogen) atoms. The fourth-order valence-corrected chi connectivity index (χ4v) is 2.88. The lowest BCUT2D eigenvalue weighted by molar-refractivity contribution is 0.240. The van der Waals surface area contributed by atoms with Crippen molar-refractivity contribution in [3.8, 4) is 22.3 Å². The molecule has 0 saturated heterocycles. The number of carbonyl (C=O) groups is 1. The summed E-state index contributed by atoms with van der Waals surface area (Å²) < 4.78 is 27.9. The van der Waals surface area contributed by atoms with Gasteiger partial charge in [0.25, 0.3) is 0 Å². The molecule has 1 aromatic heterocycles. The minimum atomic E-state index is -0.410. The number of pyridine rings is 1. The van der Waals surface area contributed by atoms with Gasteiger partial charge in [0.1, 0.15) is 17.1 Å². The first-order valence-electron chi connectivity index (χ1n) is 8.97. The van der Waals surface area contributed by atoms with Crippen LogP contribution in [0.3, 0.4) is 0 Å². The first-order valence-corrected chi connectivity index (χ1v) is 8.97. The van der Waals surface area contributed by atoms with Crippen LogP contribution in [0.2, 0.25) is 0 Å². The molecule has 144 valence electrons. The highest BCUT2D eigenvalue weighted by Gasteiger charge is 2.15. The molecule has 3 rings (SSSR count). The number of benzene rings is 2. The number of rotatable bonds is 4. The first-order chi connectivity index (χ1) is 13.4. The lowest BCUT2D eigenvalue weighted by Gasteiger charge is -2.16. The summed E-state index contributed by atoms with van der Waals surface area (Å²) in [6.07, 6.45) is 1.52. The molecular formula is C22H21F2N3O. The van der Waals surface area contributed by atoms with E-state index in [0.29, 0.717) is 28.8 Å². The molecule has 0 spiro atoms. The third kappa shape index (κ3) is 4.17. The van der Waals surface area contributed by atoms with Crippen molar-refractivity contribution in [1.29, 1.82) is 5.41 Å². The fraction of sp³-hybridized carbons (Fsp3) is 0.182. The summed E-state index contributed by atoms with van der Waals surface area (Å²) in [5.74, 6) is -0.483. The molecule has 0 unspecified atom stereocenters. The Hall–Kier alpha value is -3.28. The summed E-state index contributed by atoms with van der Waals surface area (Å²) in [7, 11) is 0. The van der Waals surface area contributed by atoms with E-state index < -0.39 is 11.8 Å². The predicted molar refractivity (Wildman–Crippen MR) is 105 cm³/mol. The number of hydrogen-bond acceptors (Lipinski definition) is 2. The van der Waals surface area contributed by atoms with Crippen molar-refractivity contribution >= 4 is 6.03 Å². The summed E-state index contributed by atoms with van der Waals surface area (Å²) in [5, 5.41) is 11.4. The van der Waals surface area contributed by atoms with Gasteiger partial charge in [-0.3, -0.25) is 9.98 Å². The Morgan fingerprint density at radius 2 is 1.50 bits per heavy atom. The molecule has 6 heteroatoms. The quantitative estimate of drug-likeness (QED) is 0.670. The van der Waals surface area contributed by atoms with Gasteiger partial charge in [0.05, 0.1) is 0 Å². The third-order valence-corrected chi connectivity index (χ3v) is 4.31. The maximum absolute atomic E-state index is 13.4. The molecule has 2 aromatic carbocycles. The number of halogens is 2. The van der Waals surface area contributed by atoms with Crippen LogP contribution in [-0.4, -0.2) is 17.1 Å². The summed E-state index contributed by atoms with van der Waals surface area (Å²) in [5.41, 5.74) is 2.38. The summed E-state index contributed by atoms with van der Waals surface area (Å²) >= 11 is 0. The van der Waals surface area contributed by atoms with Crippen LogP contribution in [-0.2, 0) is 0 Å². The lowest BCUT2D eigenvalue weighted by atomic mass is 9.96. The zero-order valence-corrected chi connectivity index (χ0v) is 15.7. The molecule has 0 fully saturated rings. The molecule has 1 heterocycles. The minimum absolute atomic E-state index is 0.0327. The molecule has 3 aromatic rings. The Labute approximate surface area is 162 Å². The van der Waals surface area contributed by atoms with Crippen LogP contribution in [0, 0.1) is 23.0 Å². The Balaban J connectivity index is 2.16. The van der Waals surface area contributed by atoms with Crippen molar-refractivity contribution in [2.24, 2.45) is 5.92 Å². The Bertz CT molecular complexity index is 1040. The van der Waals surface area contributed by atoms with Crippen molar-refractivity contribution in [3.05, 3.63) is 77.9 Å². The zero-order valence-electron chi connectivity index (χ0n) is 15.7. The highest BCUT2D eigenvalue weighted by molar-refractivity contribution is 5.85. The molecule has 2 N–H and O–H groups in total. The summed E-state index contributed by atoms with van der Waals surface area (Å²) in [6, 6.07) is 12.9. The average molecular weight is 381 g/mol. The van der Waals surface area contributed by atoms with Crippen molar-refractivity contribution < 1.29 is 13.6 Å². The zero-order chi connectivity index (χ0) is 20.3. The average Bonchev–Trinajstić information content (AvgIpc) is 2.67. The van der Waals surface area contributed by atoms with Crippen LogP contribution >= 0.6 is 0 Å². The van der Waals surface area contributed by atoms with E-state index in [1.807, 2.05) is 13.8 Å². The van der Waals surface area contributed by atoms with Crippen LogP contribution < -0.4 is 10.8 Å². The van der Waals surface area contributed by atoms with Gasteiger partial charge in [0.15, 0.2) is 0 Å². The van der Waals surface area contributed by atoms with Crippen LogP contribution in [0.25, 0.3) is 22.3 Å². The third-order valence-electron chi connectivity index (χ3n) is 4.31. The van der Waals surface area contributed by atoms with Crippen molar-refractivity contribution in [2.45, 2.75) is 13.8 Å². The van der Waals surface area contributed by atoms with Crippen LogP contribution in [0.5, 0.6) is 0 Å². The minimum Gasteiger partial charge on any atom is -0.337 e. The van der Waals surface area contributed by atoms with Gasteiger partial charge in [-0.05, 0) is 52.9 Å². The van der Waals surface area contributed by atoms with E-state index in [0.717, 1.165) is 0 Å². The fourth-order valence-electron chi connectivity index (χ4n) is 2.88. The standard InChI is InChI=1S/C22H21F2N3O/c1-14(2)13-26-22(28)27-12-11-19(15-3-7-17(23)8-4-15)20(21(27)25)16-5-9-18(24)10-6-16/h3-12,14,25H,13H2,1-2H3,(H,26,28). The molecule has 0 atom stereocenters. The monoisotopic (exact) mass is 381 g/mol. The number of nitrogens with one attached hydrogen (secondary N) is 2. The van der Waals surface area contributed by atoms with Gasteiger partial charge in [0.2, 0.25) is 0 Å². The highest BCUT2D eigenvalue weighted by Crippen LogP contribution is 2.29. The van der Waals surface area contributed by atoms with E-state index >= 15 is 0 Å². The summed E-state index contributed by atoms with van der Waals surface area (Å²) in [6.45, 7) is 4.44. The second-order valence-corrected chi connectivity index (χ2v) is 6.92. The van der Waals surface area contributed by atoms with Crippen LogP contribution in [0.4, 0.5) is 13.6 Å². The number of carbonyl (C=O) groups excluding carboxylic acids is 1. The van der Waals surface area contributed by atoms with Gasteiger partial charge in [-0.1, -0.05) is 38.1 Å². The van der Waals surface area contributed by atoms with Crippen molar-refractivity contribution in [2.75, 3.05) is 6.54 Å². The Kier molecular flexibility index (Phi) is 5.68. The van der Waals surface area contributed by atoms with E-state index in [1.165, 1.54) is 35.0 Å². The molecule has 0 radical (unpaired) electrons. The van der Waals surface area contributed by atoms with Crippen LogP contribution in [0.1, 0.15) is 13.8 Å². The maximum Gasteiger partial charge on any atom is 0.327 e. The largest absolute Gasteiger partial charge is 0.337 e. The molecule has 4 nitrogen and oxygen atoms in total. The highest BCUT2D eigenvalue weighted by atomic mass is 19.1. The SMILES string of the molecule is CC(C)CNC(=O)n1ccc(-c2ccc(F)cc2)c(-c2ccc(F)cc2)c1=N.